The van der Waals surface area contributed by atoms with E-state index < -0.39 is 11.9 Å². The topological polar surface area (TPSA) is 43.8 Å². The van der Waals surface area contributed by atoms with Crippen LogP contribution >= 0.6 is 0 Å². The normalized spacial score (nSPS) is 12.5. The number of nitrogens with zero attached hydrogens (tertiary/aromatic N) is 2. The third kappa shape index (κ3) is 1.69. The fourth-order valence-electron chi connectivity index (χ4n) is 1.33. The molecule has 1 rings (SSSR count). The van der Waals surface area contributed by atoms with Crippen LogP contribution in [0.1, 0.15) is 31.0 Å². The van der Waals surface area contributed by atoms with E-state index in [1.165, 1.54) is 7.05 Å². The highest BCUT2D eigenvalue weighted by atomic mass is 19.4. The highest BCUT2D eigenvalue weighted by Gasteiger charge is 2.39. The second kappa shape index (κ2) is 3.18. The van der Waals surface area contributed by atoms with Crippen molar-refractivity contribution in [2.45, 2.75) is 25.9 Å². The zero-order valence-electron chi connectivity index (χ0n) is 8.18. The van der Waals surface area contributed by atoms with E-state index in [1.54, 1.807) is 13.8 Å². The average Bonchev–Trinajstić information content (AvgIpc) is 2.27. The molecule has 0 unspecified atom stereocenters. The van der Waals surface area contributed by atoms with Crippen molar-refractivity contribution in [2.75, 3.05) is 5.73 Å². The Bertz CT molecular complexity index is 338. The second-order valence-corrected chi connectivity index (χ2v) is 3.42. The Hall–Kier alpha value is -1.20. The van der Waals surface area contributed by atoms with Crippen LogP contribution < -0.4 is 5.73 Å². The molecule has 0 saturated carbocycles. The molecule has 0 fully saturated rings. The van der Waals surface area contributed by atoms with Gasteiger partial charge in [-0.3, -0.25) is 4.68 Å². The molecule has 0 aromatic carbocycles. The van der Waals surface area contributed by atoms with Crippen LogP contribution in [0.15, 0.2) is 0 Å². The summed E-state index contributed by atoms with van der Waals surface area (Å²) in [4.78, 5) is 0. The third-order valence-corrected chi connectivity index (χ3v) is 1.98. The molecule has 0 atom stereocenters. The molecule has 6 heteroatoms. The van der Waals surface area contributed by atoms with E-state index in [-0.39, 0.29) is 17.3 Å². The van der Waals surface area contributed by atoms with Gasteiger partial charge in [0, 0.05) is 12.6 Å². The van der Waals surface area contributed by atoms with Crippen molar-refractivity contribution in [3.63, 3.8) is 0 Å². The number of anilines is 1. The van der Waals surface area contributed by atoms with Crippen LogP contribution in [0.3, 0.4) is 0 Å². The van der Waals surface area contributed by atoms with Crippen molar-refractivity contribution in [1.82, 2.24) is 9.78 Å². The van der Waals surface area contributed by atoms with E-state index in [0.29, 0.717) is 0 Å². The molecule has 1 aromatic heterocycles. The number of aryl methyl sites for hydroxylation is 1. The summed E-state index contributed by atoms with van der Waals surface area (Å²) in [7, 11) is 1.40. The first kappa shape index (κ1) is 10.9. The van der Waals surface area contributed by atoms with Gasteiger partial charge in [-0.1, -0.05) is 13.8 Å². The first-order valence-electron chi connectivity index (χ1n) is 4.14. The highest BCUT2D eigenvalue weighted by Crippen LogP contribution is 2.36. The number of nitrogen functional groups attached to an aromatic ring is 1. The molecule has 3 nitrogen and oxygen atoms in total. The zero-order chi connectivity index (χ0) is 11.1. The Morgan fingerprint density at radius 2 is 1.86 bits per heavy atom. The minimum Gasteiger partial charge on any atom is -0.384 e. The van der Waals surface area contributed by atoms with Gasteiger partial charge in [-0.2, -0.15) is 18.3 Å². The molecule has 1 heterocycles. The molecule has 14 heavy (non-hydrogen) atoms. The molecule has 0 bridgehead atoms. The second-order valence-electron chi connectivity index (χ2n) is 3.42. The molecule has 2 N–H and O–H groups in total. The summed E-state index contributed by atoms with van der Waals surface area (Å²) >= 11 is 0. The Labute approximate surface area is 79.7 Å². The van der Waals surface area contributed by atoms with E-state index in [1.807, 2.05) is 0 Å². The fraction of sp³-hybridized carbons (Fsp3) is 0.625. The van der Waals surface area contributed by atoms with Gasteiger partial charge in [0.2, 0.25) is 0 Å². The van der Waals surface area contributed by atoms with Crippen LogP contribution in [0.5, 0.6) is 0 Å². The molecular weight excluding hydrogens is 195 g/mol. The molecule has 80 valence electrons. The van der Waals surface area contributed by atoms with Crippen molar-refractivity contribution in [1.29, 1.82) is 0 Å². The summed E-state index contributed by atoms with van der Waals surface area (Å²) in [5, 5.41) is 3.37. The van der Waals surface area contributed by atoms with Gasteiger partial charge in [0.05, 0.1) is 0 Å². The summed E-state index contributed by atoms with van der Waals surface area (Å²) in [6.45, 7) is 3.31. The quantitative estimate of drug-likeness (QED) is 0.766. The lowest BCUT2D eigenvalue weighted by molar-refractivity contribution is -0.142. The summed E-state index contributed by atoms with van der Waals surface area (Å²) < 4.78 is 38.5. The molecule has 0 spiro atoms. The summed E-state index contributed by atoms with van der Waals surface area (Å²) in [6, 6.07) is 0. The smallest absolute Gasteiger partial charge is 0.384 e. The molecule has 0 saturated heterocycles. The maximum atomic E-state index is 12.5. The number of rotatable bonds is 1. The highest BCUT2D eigenvalue weighted by molar-refractivity contribution is 5.46. The van der Waals surface area contributed by atoms with Gasteiger partial charge in [0.15, 0.2) is 5.69 Å². The predicted molar refractivity (Wildman–Crippen MR) is 46.7 cm³/mol. The molecule has 0 aliphatic carbocycles. The summed E-state index contributed by atoms with van der Waals surface area (Å²) in [5.74, 6) is -0.215. The molecule has 0 radical (unpaired) electrons. The number of nitrogens with two attached hydrogens (primary N) is 1. The third-order valence-electron chi connectivity index (χ3n) is 1.98. The minimum atomic E-state index is -4.44. The van der Waals surface area contributed by atoms with Crippen LogP contribution in [0.2, 0.25) is 0 Å². The summed E-state index contributed by atoms with van der Waals surface area (Å²) in [5.41, 5.74) is 4.69. The van der Waals surface area contributed by atoms with Crippen molar-refractivity contribution < 1.29 is 13.2 Å². The van der Waals surface area contributed by atoms with Crippen LogP contribution in [0, 0.1) is 0 Å². The van der Waals surface area contributed by atoms with Crippen molar-refractivity contribution in [3.05, 3.63) is 11.3 Å². The van der Waals surface area contributed by atoms with Gasteiger partial charge in [-0.05, 0) is 5.92 Å². The van der Waals surface area contributed by atoms with Gasteiger partial charge in [0.25, 0.3) is 0 Å². The van der Waals surface area contributed by atoms with Gasteiger partial charge in [-0.25, -0.2) is 0 Å². The van der Waals surface area contributed by atoms with Gasteiger partial charge < -0.3 is 5.73 Å². The SMILES string of the molecule is CC(C)c1c(C(F)(F)F)nn(C)c1N. The Kier molecular flexibility index (Phi) is 2.47. The van der Waals surface area contributed by atoms with Crippen molar-refractivity contribution in [2.24, 2.45) is 7.05 Å². The monoisotopic (exact) mass is 207 g/mol. The number of hydrogen-bond donors (Lipinski definition) is 1. The van der Waals surface area contributed by atoms with Crippen molar-refractivity contribution in [3.8, 4) is 0 Å². The standard InChI is InChI=1S/C8H12F3N3/c1-4(2)5-6(8(9,10)11)13-14(3)7(5)12/h4H,12H2,1-3H3. The van der Waals surface area contributed by atoms with Crippen LogP contribution in [-0.4, -0.2) is 9.78 Å². The van der Waals surface area contributed by atoms with Crippen LogP contribution in [0.4, 0.5) is 19.0 Å². The van der Waals surface area contributed by atoms with E-state index in [9.17, 15) is 13.2 Å². The lowest BCUT2D eigenvalue weighted by atomic mass is 10.0. The van der Waals surface area contributed by atoms with Gasteiger partial charge in [-0.15, -0.1) is 0 Å². The van der Waals surface area contributed by atoms with Crippen LogP contribution in [0.25, 0.3) is 0 Å². The molecule has 0 amide bonds. The summed E-state index contributed by atoms with van der Waals surface area (Å²) in [6.07, 6.45) is -4.44. The number of halogens is 3. The molecule has 0 aliphatic rings. The predicted octanol–water partition coefficient (Wildman–Crippen LogP) is 2.14. The molecular formula is C8H12F3N3. The maximum Gasteiger partial charge on any atom is 0.435 e. The van der Waals surface area contributed by atoms with E-state index in [0.717, 1.165) is 4.68 Å². The van der Waals surface area contributed by atoms with Gasteiger partial charge >= 0.3 is 6.18 Å². The van der Waals surface area contributed by atoms with E-state index >= 15 is 0 Å². The number of alkyl halides is 3. The number of hydrogen-bond acceptors (Lipinski definition) is 2. The lowest BCUT2D eigenvalue weighted by Crippen LogP contribution is -2.10. The van der Waals surface area contributed by atoms with E-state index in [2.05, 4.69) is 5.10 Å². The molecule has 0 aliphatic heterocycles. The Morgan fingerprint density at radius 3 is 2.14 bits per heavy atom. The van der Waals surface area contributed by atoms with Crippen LogP contribution in [-0.2, 0) is 13.2 Å². The van der Waals surface area contributed by atoms with Crippen molar-refractivity contribution >= 4 is 5.82 Å². The Morgan fingerprint density at radius 1 is 1.36 bits per heavy atom. The fourth-order valence-corrected chi connectivity index (χ4v) is 1.33. The first-order chi connectivity index (χ1) is 6.25. The zero-order valence-corrected chi connectivity index (χ0v) is 8.18. The average molecular weight is 207 g/mol. The van der Waals surface area contributed by atoms with Gasteiger partial charge in [0.1, 0.15) is 5.82 Å². The largest absolute Gasteiger partial charge is 0.435 e. The number of aromatic nitrogens is 2. The molecule has 1 aromatic rings. The lowest BCUT2D eigenvalue weighted by Gasteiger charge is -2.08. The van der Waals surface area contributed by atoms with E-state index in [4.69, 9.17) is 5.73 Å². The maximum absolute atomic E-state index is 12.5. The first-order valence-corrected chi connectivity index (χ1v) is 4.14. The minimum absolute atomic E-state index is 0.0694. The Balaban J connectivity index is 3.37.